The van der Waals surface area contributed by atoms with Gasteiger partial charge in [0, 0.05) is 23.5 Å². The van der Waals surface area contributed by atoms with E-state index in [0.717, 1.165) is 10.9 Å². The molecule has 0 aliphatic rings. The Morgan fingerprint density at radius 3 is 2.15 bits per heavy atom. The molecule has 4 amide bonds. The van der Waals surface area contributed by atoms with Gasteiger partial charge in [-0.25, -0.2) is 4.79 Å². The summed E-state index contributed by atoms with van der Waals surface area (Å²) in [5.41, 5.74) is 12.3. The summed E-state index contributed by atoms with van der Waals surface area (Å²) in [6, 6.07) is 1.74. The van der Waals surface area contributed by atoms with Crippen molar-refractivity contribution in [3.63, 3.8) is 0 Å². The Labute approximate surface area is 223 Å². The van der Waals surface area contributed by atoms with Crippen molar-refractivity contribution in [2.45, 2.75) is 63.7 Å². The van der Waals surface area contributed by atoms with E-state index in [0.29, 0.717) is 12.0 Å². The summed E-state index contributed by atoms with van der Waals surface area (Å²) >= 11 is 0. The molecule has 2 rings (SSSR count). The van der Waals surface area contributed by atoms with Crippen LogP contribution in [0.2, 0.25) is 0 Å². The van der Waals surface area contributed by atoms with Gasteiger partial charge in [0.1, 0.15) is 18.1 Å². The number of nitrogens with two attached hydrogens (primary N) is 2. The van der Waals surface area contributed by atoms with Crippen molar-refractivity contribution in [3.05, 3.63) is 36.0 Å². The van der Waals surface area contributed by atoms with E-state index in [2.05, 4.69) is 20.9 Å². The van der Waals surface area contributed by atoms with Gasteiger partial charge in [0.25, 0.3) is 0 Å². The number of nitrogens with one attached hydrogen (secondary N) is 4. The molecule has 10 N–H and O–H groups in total. The van der Waals surface area contributed by atoms with Crippen LogP contribution in [0.1, 0.15) is 38.7 Å². The second kappa shape index (κ2) is 13.9. The predicted molar refractivity (Wildman–Crippen MR) is 139 cm³/mol. The number of H-pyrrole nitrogens is 1. The van der Waals surface area contributed by atoms with Gasteiger partial charge >= 0.3 is 11.9 Å². The van der Waals surface area contributed by atoms with Crippen LogP contribution in [0.25, 0.3) is 10.9 Å². The smallest absolute Gasteiger partial charge is 0.326 e. The average Bonchev–Trinajstić information content (AvgIpc) is 3.27. The van der Waals surface area contributed by atoms with Crippen molar-refractivity contribution in [2.75, 3.05) is 0 Å². The summed E-state index contributed by atoms with van der Waals surface area (Å²) in [7, 11) is 0. The molecule has 1 heterocycles. The fraction of sp³-hybridized carbons (Fsp3) is 0.440. The van der Waals surface area contributed by atoms with Crippen molar-refractivity contribution in [3.8, 4) is 0 Å². The summed E-state index contributed by atoms with van der Waals surface area (Å²) in [5.74, 6) is -6.76. The van der Waals surface area contributed by atoms with E-state index in [1.807, 2.05) is 18.2 Å². The summed E-state index contributed by atoms with van der Waals surface area (Å²) in [6.45, 7) is 3.39. The highest BCUT2D eigenvalue weighted by Gasteiger charge is 2.34. The number of hydrogen-bond donors (Lipinski definition) is 8. The topological polar surface area (TPSA) is 247 Å². The Balaban J connectivity index is 2.33. The number of para-hydroxylation sites is 1. The van der Waals surface area contributed by atoms with E-state index in [-0.39, 0.29) is 6.42 Å². The van der Waals surface area contributed by atoms with Crippen molar-refractivity contribution in [2.24, 2.45) is 17.4 Å². The fourth-order valence-corrected chi connectivity index (χ4v) is 3.91. The Bertz CT molecular complexity index is 1230. The lowest BCUT2D eigenvalue weighted by Crippen LogP contribution is -2.59. The number of carboxylic acids is 2. The minimum Gasteiger partial charge on any atom is -0.481 e. The number of benzene rings is 1. The maximum absolute atomic E-state index is 13.5. The fourth-order valence-electron chi connectivity index (χ4n) is 3.91. The molecule has 2 aromatic rings. The Morgan fingerprint density at radius 1 is 0.923 bits per heavy atom. The first-order chi connectivity index (χ1) is 18.3. The summed E-state index contributed by atoms with van der Waals surface area (Å²) in [6.07, 6.45) is 0.738. The molecule has 5 atom stereocenters. The van der Waals surface area contributed by atoms with Gasteiger partial charge in [-0.05, 0) is 17.5 Å². The third-order valence-electron chi connectivity index (χ3n) is 6.28. The monoisotopic (exact) mass is 546 g/mol. The standard InChI is InChI=1S/C25H34N6O8/c1-3-12(2)21(24(37)30-18(25(38)39)10-20(33)34)31-23(36)17(29-22(35)15(26)9-19(27)32)8-13-11-28-16-7-5-4-6-14(13)16/h4-7,11-12,15,17-18,21,28H,3,8-10,26H2,1-2H3,(H2,27,32)(H,29,35)(H,30,37)(H,31,36)(H,33,34)(H,38,39). The van der Waals surface area contributed by atoms with Crippen LogP contribution in [0.4, 0.5) is 0 Å². The van der Waals surface area contributed by atoms with Crippen LogP contribution in [0.5, 0.6) is 0 Å². The van der Waals surface area contributed by atoms with Crippen LogP contribution in [-0.4, -0.2) is 74.9 Å². The van der Waals surface area contributed by atoms with E-state index in [9.17, 15) is 33.9 Å². The maximum Gasteiger partial charge on any atom is 0.326 e. The third-order valence-corrected chi connectivity index (χ3v) is 6.28. The number of carbonyl (C=O) groups excluding carboxylic acids is 4. The van der Waals surface area contributed by atoms with E-state index < -0.39 is 78.5 Å². The minimum absolute atomic E-state index is 0.0174. The van der Waals surface area contributed by atoms with Crippen LogP contribution in [0.15, 0.2) is 30.5 Å². The minimum atomic E-state index is -1.72. The largest absolute Gasteiger partial charge is 0.481 e. The molecule has 212 valence electrons. The number of hydrogen-bond acceptors (Lipinski definition) is 7. The lowest BCUT2D eigenvalue weighted by atomic mass is 9.96. The quantitative estimate of drug-likeness (QED) is 0.136. The molecular weight excluding hydrogens is 512 g/mol. The molecule has 1 aromatic carbocycles. The van der Waals surface area contributed by atoms with E-state index in [1.54, 1.807) is 26.1 Å². The summed E-state index contributed by atoms with van der Waals surface area (Å²) in [5, 5.41) is 26.3. The number of amides is 4. The number of fused-ring (bicyclic) bond motifs is 1. The molecular formula is C25H34N6O8. The van der Waals surface area contributed by atoms with Crippen molar-refractivity contribution in [1.29, 1.82) is 0 Å². The summed E-state index contributed by atoms with van der Waals surface area (Å²) in [4.78, 5) is 75.9. The highest BCUT2D eigenvalue weighted by molar-refractivity contribution is 5.96. The number of carboxylic acid groups (broad SMARTS) is 2. The number of primary amides is 1. The number of aliphatic carboxylic acids is 2. The van der Waals surface area contributed by atoms with E-state index >= 15 is 0 Å². The van der Waals surface area contributed by atoms with Gasteiger partial charge in [-0.1, -0.05) is 38.5 Å². The molecule has 0 radical (unpaired) electrons. The average molecular weight is 547 g/mol. The summed E-state index contributed by atoms with van der Waals surface area (Å²) < 4.78 is 0. The molecule has 39 heavy (non-hydrogen) atoms. The first kappa shape index (κ1) is 30.8. The normalized spacial score (nSPS) is 14.8. The molecule has 0 saturated carbocycles. The first-order valence-electron chi connectivity index (χ1n) is 12.3. The van der Waals surface area contributed by atoms with Crippen LogP contribution in [-0.2, 0) is 35.2 Å². The van der Waals surface area contributed by atoms with Gasteiger partial charge in [0.05, 0.1) is 18.9 Å². The number of aromatic nitrogens is 1. The zero-order valence-electron chi connectivity index (χ0n) is 21.6. The Hall–Kier alpha value is -4.46. The molecule has 0 bridgehead atoms. The van der Waals surface area contributed by atoms with E-state index in [1.165, 1.54) is 0 Å². The van der Waals surface area contributed by atoms with Crippen LogP contribution < -0.4 is 27.4 Å². The van der Waals surface area contributed by atoms with Crippen molar-refractivity contribution in [1.82, 2.24) is 20.9 Å². The predicted octanol–water partition coefficient (Wildman–Crippen LogP) is -1.03. The molecule has 0 aliphatic heterocycles. The molecule has 0 saturated heterocycles. The van der Waals surface area contributed by atoms with Crippen molar-refractivity contribution < 1.29 is 39.0 Å². The molecule has 14 heteroatoms. The Kier molecular flexibility index (Phi) is 11.0. The number of rotatable bonds is 15. The van der Waals surface area contributed by atoms with Crippen LogP contribution >= 0.6 is 0 Å². The van der Waals surface area contributed by atoms with Gasteiger partial charge in [0.15, 0.2) is 0 Å². The van der Waals surface area contributed by atoms with Crippen molar-refractivity contribution >= 4 is 46.5 Å². The third kappa shape index (κ3) is 8.81. The molecule has 0 aliphatic carbocycles. The molecule has 5 unspecified atom stereocenters. The number of carbonyl (C=O) groups is 6. The van der Waals surface area contributed by atoms with Gasteiger partial charge in [0.2, 0.25) is 23.6 Å². The van der Waals surface area contributed by atoms with Gasteiger partial charge in [-0.3, -0.25) is 24.0 Å². The van der Waals surface area contributed by atoms with Gasteiger partial charge in [-0.2, -0.15) is 0 Å². The SMILES string of the molecule is CCC(C)C(NC(=O)C(Cc1c[nH]c2ccccc12)NC(=O)C(N)CC(N)=O)C(=O)NC(CC(=O)O)C(=O)O. The maximum atomic E-state index is 13.5. The number of aromatic amines is 1. The molecule has 1 aromatic heterocycles. The lowest BCUT2D eigenvalue weighted by Gasteiger charge is -2.28. The highest BCUT2D eigenvalue weighted by Crippen LogP contribution is 2.19. The molecule has 0 fully saturated rings. The van der Waals surface area contributed by atoms with Gasteiger partial charge in [-0.15, -0.1) is 0 Å². The van der Waals surface area contributed by atoms with Gasteiger partial charge < -0.3 is 42.6 Å². The van der Waals surface area contributed by atoms with Crippen LogP contribution in [0, 0.1) is 5.92 Å². The highest BCUT2D eigenvalue weighted by atomic mass is 16.4. The zero-order chi connectivity index (χ0) is 29.3. The lowest BCUT2D eigenvalue weighted by molar-refractivity contribution is -0.147. The second-order valence-electron chi connectivity index (χ2n) is 9.27. The molecule has 0 spiro atoms. The van der Waals surface area contributed by atoms with E-state index in [4.69, 9.17) is 16.6 Å². The first-order valence-corrected chi connectivity index (χ1v) is 12.3. The Morgan fingerprint density at radius 2 is 1.56 bits per heavy atom. The second-order valence-corrected chi connectivity index (χ2v) is 9.27. The molecule has 14 nitrogen and oxygen atoms in total. The zero-order valence-corrected chi connectivity index (χ0v) is 21.6. The van der Waals surface area contributed by atoms with Crippen LogP contribution in [0.3, 0.4) is 0 Å².